The monoisotopic (exact) mass is 787 g/mol. The van der Waals surface area contributed by atoms with Crippen LogP contribution in [0.3, 0.4) is 0 Å². The van der Waals surface area contributed by atoms with Crippen LogP contribution < -0.4 is 10.2 Å². The number of rotatable bonds is 33. The predicted octanol–water partition coefficient (Wildman–Crippen LogP) is 6.88. The molecule has 0 aromatic heterocycles. The first kappa shape index (κ1) is 50.6. The average molecular weight is 787 g/mol. The number of nitrogens with zero attached hydrogens (tertiary/aromatic N) is 1. The number of likely N-dealkylation sites (N-methyl/N-ethyl adjacent to an activating group) is 1. The summed E-state index contributed by atoms with van der Waals surface area (Å²) in [5.74, 6) is -1.01. The minimum atomic E-state index is -4.68. The molecule has 0 radical (unpaired) electrons. The number of aliphatic hydroxyl groups excluding tert-OH is 4. The van der Waals surface area contributed by atoms with E-state index in [1.54, 1.807) is 30.4 Å². The number of phosphoric ester groups is 1. The summed E-state index contributed by atoms with van der Waals surface area (Å²) < 4.78 is 23.1. The van der Waals surface area contributed by atoms with Crippen LogP contribution in [0.25, 0.3) is 0 Å². The van der Waals surface area contributed by atoms with Crippen molar-refractivity contribution in [1.82, 2.24) is 5.32 Å². The summed E-state index contributed by atoms with van der Waals surface area (Å²) in [6.07, 6.45) is 27.4. The van der Waals surface area contributed by atoms with E-state index in [0.717, 1.165) is 38.5 Å². The van der Waals surface area contributed by atoms with Gasteiger partial charge in [-0.2, -0.15) is 0 Å². The van der Waals surface area contributed by atoms with Gasteiger partial charge < -0.3 is 44.2 Å². The Morgan fingerprint density at radius 1 is 0.833 bits per heavy atom. The molecule has 5 N–H and O–H groups in total. The molecule has 1 fully saturated rings. The maximum Gasteiger partial charge on any atom is 0.268 e. The molecule has 54 heavy (non-hydrogen) atoms. The molecule has 1 aliphatic carbocycles. The number of phosphoric acid groups is 1. The molecule has 0 saturated heterocycles. The van der Waals surface area contributed by atoms with Gasteiger partial charge in [-0.3, -0.25) is 9.36 Å². The van der Waals surface area contributed by atoms with Crippen molar-refractivity contribution in [2.75, 3.05) is 40.9 Å². The minimum Gasteiger partial charge on any atom is -0.756 e. The number of carbonyl (C=O) groups excluding carboxylic acids is 1. The first-order valence-corrected chi connectivity index (χ1v) is 22.6. The quantitative estimate of drug-likeness (QED) is 0.0206. The number of nitrogens with one attached hydrogen (secondary N) is 1. The van der Waals surface area contributed by atoms with Gasteiger partial charge in [-0.1, -0.05) is 140 Å². The van der Waals surface area contributed by atoms with E-state index in [-0.39, 0.29) is 31.3 Å². The van der Waals surface area contributed by atoms with Crippen molar-refractivity contribution in [3.63, 3.8) is 0 Å². The number of allylic oxidation sites excluding steroid dienone is 2. The molecule has 1 unspecified atom stereocenters. The fraction of sp³-hybridized carbons (Fsp3) is 0.833. The van der Waals surface area contributed by atoms with Crippen molar-refractivity contribution in [2.24, 2.45) is 11.8 Å². The zero-order valence-corrected chi connectivity index (χ0v) is 35.4. The molecule has 1 saturated carbocycles. The SMILES string of the molecule is CCCCCCCCCCCCCC/C=C/[C@@H](O)[C@H](COP(=O)([O-])OCC[N+](C)(C)C)NC(=O)C/C=C\C[C@H]1[C@@H](/C=C/[C@H](O)CCCCC)[C@H](O)C[C@@H]1O. The molecule has 12 heteroatoms. The molecule has 0 spiro atoms. The van der Waals surface area contributed by atoms with Gasteiger partial charge in [0.05, 0.1) is 58.2 Å². The van der Waals surface area contributed by atoms with Crippen LogP contribution in [-0.2, 0) is 18.4 Å². The van der Waals surface area contributed by atoms with Crippen molar-refractivity contribution in [3.05, 3.63) is 36.5 Å². The number of hydrogen-bond donors (Lipinski definition) is 5. The predicted molar refractivity (Wildman–Crippen MR) is 216 cm³/mol. The summed E-state index contributed by atoms with van der Waals surface area (Å²) in [4.78, 5) is 25.4. The van der Waals surface area contributed by atoms with E-state index in [1.165, 1.54) is 64.2 Å². The lowest BCUT2D eigenvalue weighted by Gasteiger charge is -2.29. The van der Waals surface area contributed by atoms with Crippen LogP contribution in [0.5, 0.6) is 0 Å². The highest BCUT2D eigenvalue weighted by molar-refractivity contribution is 7.45. The summed E-state index contributed by atoms with van der Waals surface area (Å²) >= 11 is 0. The van der Waals surface area contributed by atoms with Gasteiger partial charge in [0.2, 0.25) is 5.91 Å². The summed E-state index contributed by atoms with van der Waals surface area (Å²) in [5, 5.41) is 45.1. The minimum absolute atomic E-state index is 0.0388. The van der Waals surface area contributed by atoms with Crippen LogP contribution in [0, 0.1) is 11.8 Å². The molecule has 1 rings (SSSR count). The Morgan fingerprint density at radius 2 is 1.43 bits per heavy atom. The van der Waals surface area contributed by atoms with Crippen LogP contribution in [0.15, 0.2) is 36.5 Å². The molecule has 0 aliphatic heterocycles. The second kappa shape index (κ2) is 29.8. The van der Waals surface area contributed by atoms with Gasteiger partial charge >= 0.3 is 0 Å². The zero-order chi connectivity index (χ0) is 40.2. The van der Waals surface area contributed by atoms with Crippen LogP contribution >= 0.6 is 7.82 Å². The summed E-state index contributed by atoms with van der Waals surface area (Å²) in [6.45, 7) is 4.24. The Balaban J connectivity index is 2.67. The van der Waals surface area contributed by atoms with E-state index in [4.69, 9.17) is 9.05 Å². The lowest BCUT2D eigenvalue weighted by Crippen LogP contribution is -2.45. The van der Waals surface area contributed by atoms with Crippen LogP contribution in [0.4, 0.5) is 0 Å². The number of hydrogen-bond acceptors (Lipinski definition) is 9. The summed E-state index contributed by atoms with van der Waals surface area (Å²) in [7, 11) is 1.06. The van der Waals surface area contributed by atoms with Gasteiger partial charge in [-0.15, -0.1) is 0 Å². The standard InChI is InChI=1S/C42H79N2O9P/c1-6-8-10-11-12-13-14-15-16-17-18-19-20-22-27-39(46)38(34-53-54(50,51)52-32-31-44(3,4)5)43-42(49)28-24-23-26-36-37(41(48)33-40(36)47)30-29-35(45)25-21-9-7-2/h22-24,27,29-30,35-41,45-48H,6-21,25-26,28,31-34H2,1-5H3,(H-,43,49,50,51)/b24-23-,27-22+,30-29+/t35-,36+,37-,38+,39-,40+,41-/m1/s1. The van der Waals surface area contributed by atoms with Crippen molar-refractivity contribution < 1.29 is 48.2 Å². The Hall–Kier alpha value is -1.40. The highest BCUT2D eigenvalue weighted by atomic mass is 31.2. The van der Waals surface area contributed by atoms with Gasteiger partial charge in [-0.05, 0) is 31.6 Å². The van der Waals surface area contributed by atoms with Gasteiger partial charge in [-0.25, -0.2) is 0 Å². The van der Waals surface area contributed by atoms with Gasteiger partial charge in [0, 0.05) is 18.8 Å². The Bertz CT molecular complexity index is 1100. The third-order valence-corrected chi connectivity index (χ3v) is 11.2. The number of quaternary nitrogens is 1. The topological polar surface area (TPSA) is 169 Å². The normalized spacial score (nSPS) is 22.3. The van der Waals surface area contributed by atoms with Crippen molar-refractivity contribution >= 4 is 13.7 Å². The van der Waals surface area contributed by atoms with Crippen LogP contribution in [-0.4, -0.2) is 102 Å². The van der Waals surface area contributed by atoms with Crippen LogP contribution in [0.2, 0.25) is 0 Å². The zero-order valence-electron chi connectivity index (χ0n) is 34.5. The summed E-state index contributed by atoms with van der Waals surface area (Å²) in [6, 6.07) is -1.03. The number of aliphatic hydroxyl groups is 4. The van der Waals surface area contributed by atoms with Crippen molar-refractivity contribution in [1.29, 1.82) is 0 Å². The lowest BCUT2D eigenvalue weighted by atomic mass is 9.89. The largest absolute Gasteiger partial charge is 0.756 e. The average Bonchev–Trinajstić information content (AvgIpc) is 3.37. The molecule has 11 nitrogen and oxygen atoms in total. The fourth-order valence-corrected chi connectivity index (χ4v) is 7.43. The number of unbranched alkanes of at least 4 members (excludes halogenated alkanes) is 14. The Kier molecular flexibility index (Phi) is 27.9. The molecule has 316 valence electrons. The second-order valence-corrected chi connectivity index (χ2v) is 17.7. The highest BCUT2D eigenvalue weighted by Crippen LogP contribution is 2.38. The first-order valence-electron chi connectivity index (χ1n) is 21.1. The Morgan fingerprint density at radius 3 is 2.04 bits per heavy atom. The third-order valence-electron chi connectivity index (χ3n) is 10.2. The molecule has 1 aliphatic rings. The second-order valence-electron chi connectivity index (χ2n) is 16.3. The summed E-state index contributed by atoms with van der Waals surface area (Å²) in [5.41, 5.74) is 0. The maximum atomic E-state index is 13.0. The third kappa shape index (κ3) is 25.7. The molecule has 0 aromatic rings. The van der Waals surface area contributed by atoms with Gasteiger partial charge in [0.25, 0.3) is 7.82 Å². The Labute approximate surface area is 328 Å². The fourth-order valence-electron chi connectivity index (χ4n) is 6.71. The number of carbonyl (C=O) groups is 1. The van der Waals surface area contributed by atoms with Gasteiger partial charge in [0.1, 0.15) is 13.2 Å². The van der Waals surface area contributed by atoms with Crippen LogP contribution in [0.1, 0.15) is 142 Å². The molecular formula is C42H79N2O9P. The van der Waals surface area contributed by atoms with E-state index >= 15 is 0 Å². The number of amides is 1. The lowest BCUT2D eigenvalue weighted by molar-refractivity contribution is -0.870. The molecular weight excluding hydrogens is 707 g/mol. The van der Waals surface area contributed by atoms with E-state index in [0.29, 0.717) is 23.9 Å². The van der Waals surface area contributed by atoms with Crippen molar-refractivity contribution in [2.45, 2.75) is 173 Å². The van der Waals surface area contributed by atoms with E-state index in [2.05, 4.69) is 19.2 Å². The molecule has 0 aromatic carbocycles. The first-order chi connectivity index (χ1) is 25.7. The smallest absolute Gasteiger partial charge is 0.268 e. The molecule has 1 amide bonds. The molecule has 0 heterocycles. The van der Waals surface area contributed by atoms with Crippen molar-refractivity contribution in [3.8, 4) is 0 Å². The van der Waals surface area contributed by atoms with E-state index in [1.807, 2.05) is 27.2 Å². The maximum absolute atomic E-state index is 13.0. The molecule has 0 bridgehead atoms. The highest BCUT2D eigenvalue weighted by Gasteiger charge is 2.39. The van der Waals surface area contributed by atoms with Gasteiger partial charge in [0.15, 0.2) is 0 Å². The van der Waals surface area contributed by atoms with E-state index < -0.39 is 50.8 Å². The van der Waals surface area contributed by atoms with E-state index in [9.17, 15) is 34.7 Å². The molecule has 8 atom stereocenters.